The van der Waals surface area contributed by atoms with Crippen LogP contribution in [0.2, 0.25) is 0 Å². The standard InChI is InChI=1S/C12H17NO3/c14-7-5-13(6-8-15)9-11-1-3-12(10-16)4-2-11/h1-4,10,14-15H,5-9H2. The Morgan fingerprint density at radius 3 is 2.06 bits per heavy atom. The van der Waals surface area contributed by atoms with Gasteiger partial charge >= 0.3 is 0 Å². The fraction of sp³-hybridized carbons (Fsp3) is 0.417. The van der Waals surface area contributed by atoms with Crippen molar-refractivity contribution in [2.75, 3.05) is 26.3 Å². The summed E-state index contributed by atoms with van der Waals surface area (Å²) in [6.07, 6.45) is 0.809. The van der Waals surface area contributed by atoms with Gasteiger partial charge in [0.05, 0.1) is 13.2 Å². The van der Waals surface area contributed by atoms with Gasteiger partial charge in [-0.25, -0.2) is 0 Å². The molecule has 0 saturated heterocycles. The zero-order chi connectivity index (χ0) is 11.8. The third-order valence-corrected chi connectivity index (χ3v) is 2.35. The molecule has 0 aliphatic carbocycles. The molecule has 0 aliphatic rings. The highest BCUT2D eigenvalue weighted by molar-refractivity contribution is 5.74. The number of hydrogen-bond donors (Lipinski definition) is 2. The first kappa shape index (κ1) is 12.8. The average Bonchev–Trinajstić information content (AvgIpc) is 2.31. The van der Waals surface area contributed by atoms with E-state index in [1.165, 1.54) is 0 Å². The van der Waals surface area contributed by atoms with E-state index < -0.39 is 0 Å². The molecular weight excluding hydrogens is 206 g/mol. The first-order valence-electron chi connectivity index (χ1n) is 5.28. The van der Waals surface area contributed by atoms with Crippen LogP contribution < -0.4 is 0 Å². The summed E-state index contributed by atoms with van der Waals surface area (Å²) in [5.41, 5.74) is 1.71. The molecule has 0 amide bonds. The van der Waals surface area contributed by atoms with Gasteiger partial charge in [-0.2, -0.15) is 0 Å². The van der Waals surface area contributed by atoms with Crippen molar-refractivity contribution in [3.05, 3.63) is 35.4 Å². The van der Waals surface area contributed by atoms with Crippen molar-refractivity contribution >= 4 is 6.29 Å². The molecule has 0 atom stereocenters. The molecule has 4 nitrogen and oxygen atoms in total. The summed E-state index contributed by atoms with van der Waals surface area (Å²) in [6.45, 7) is 1.89. The number of rotatable bonds is 7. The lowest BCUT2D eigenvalue weighted by molar-refractivity contribution is 0.112. The highest BCUT2D eigenvalue weighted by Gasteiger charge is 2.04. The maximum Gasteiger partial charge on any atom is 0.150 e. The van der Waals surface area contributed by atoms with Crippen LogP contribution in [0.4, 0.5) is 0 Å². The van der Waals surface area contributed by atoms with Crippen LogP contribution in [0.5, 0.6) is 0 Å². The second kappa shape index (κ2) is 7.11. The molecular formula is C12H17NO3. The summed E-state index contributed by atoms with van der Waals surface area (Å²) in [5, 5.41) is 17.7. The zero-order valence-corrected chi connectivity index (χ0v) is 9.17. The van der Waals surface area contributed by atoms with E-state index in [0.29, 0.717) is 25.2 Å². The number of carbonyl (C=O) groups is 1. The Hall–Kier alpha value is -1.23. The second-order valence-electron chi connectivity index (χ2n) is 3.58. The average molecular weight is 223 g/mol. The quantitative estimate of drug-likeness (QED) is 0.652. The fourth-order valence-corrected chi connectivity index (χ4v) is 1.51. The van der Waals surface area contributed by atoms with E-state index in [1.54, 1.807) is 12.1 Å². The van der Waals surface area contributed by atoms with Crippen molar-refractivity contribution in [2.24, 2.45) is 0 Å². The number of aldehydes is 1. The van der Waals surface area contributed by atoms with E-state index in [2.05, 4.69) is 0 Å². The van der Waals surface area contributed by atoms with Gasteiger partial charge < -0.3 is 10.2 Å². The van der Waals surface area contributed by atoms with Crippen molar-refractivity contribution < 1.29 is 15.0 Å². The number of nitrogens with zero attached hydrogens (tertiary/aromatic N) is 1. The highest BCUT2D eigenvalue weighted by Crippen LogP contribution is 2.06. The molecule has 4 heteroatoms. The molecule has 0 radical (unpaired) electrons. The molecule has 0 heterocycles. The van der Waals surface area contributed by atoms with Gasteiger partial charge in [0.25, 0.3) is 0 Å². The molecule has 1 rings (SSSR count). The number of benzene rings is 1. The number of aliphatic hydroxyl groups is 2. The van der Waals surface area contributed by atoms with Gasteiger partial charge in [-0.05, 0) is 5.56 Å². The molecule has 16 heavy (non-hydrogen) atoms. The van der Waals surface area contributed by atoms with Crippen LogP contribution >= 0.6 is 0 Å². The minimum Gasteiger partial charge on any atom is -0.395 e. The molecule has 0 aromatic heterocycles. The van der Waals surface area contributed by atoms with E-state index >= 15 is 0 Å². The van der Waals surface area contributed by atoms with Crippen LogP contribution in [0, 0.1) is 0 Å². The smallest absolute Gasteiger partial charge is 0.150 e. The second-order valence-corrected chi connectivity index (χ2v) is 3.58. The Labute approximate surface area is 95.1 Å². The number of aliphatic hydroxyl groups excluding tert-OH is 2. The highest BCUT2D eigenvalue weighted by atomic mass is 16.3. The summed E-state index contributed by atoms with van der Waals surface area (Å²) in [4.78, 5) is 12.4. The van der Waals surface area contributed by atoms with E-state index in [-0.39, 0.29) is 13.2 Å². The maximum absolute atomic E-state index is 10.5. The van der Waals surface area contributed by atoms with Crippen LogP contribution in [-0.4, -0.2) is 47.7 Å². The van der Waals surface area contributed by atoms with E-state index in [1.807, 2.05) is 17.0 Å². The predicted molar refractivity (Wildman–Crippen MR) is 61.3 cm³/mol. The monoisotopic (exact) mass is 223 g/mol. The third-order valence-electron chi connectivity index (χ3n) is 2.35. The summed E-state index contributed by atoms with van der Waals surface area (Å²) < 4.78 is 0. The van der Waals surface area contributed by atoms with Crippen LogP contribution in [0.25, 0.3) is 0 Å². The van der Waals surface area contributed by atoms with Gasteiger partial charge in [0.2, 0.25) is 0 Å². The molecule has 2 N–H and O–H groups in total. The Morgan fingerprint density at radius 2 is 1.62 bits per heavy atom. The molecule has 0 unspecified atom stereocenters. The molecule has 0 saturated carbocycles. The summed E-state index contributed by atoms with van der Waals surface area (Å²) in [7, 11) is 0. The van der Waals surface area contributed by atoms with E-state index in [4.69, 9.17) is 10.2 Å². The SMILES string of the molecule is O=Cc1ccc(CN(CCO)CCO)cc1. The molecule has 88 valence electrons. The Kier molecular flexibility index (Phi) is 5.71. The normalized spacial score (nSPS) is 10.7. The summed E-state index contributed by atoms with van der Waals surface area (Å²) in [6, 6.07) is 7.29. The van der Waals surface area contributed by atoms with Gasteiger partial charge in [0.15, 0.2) is 0 Å². The number of hydrogen-bond acceptors (Lipinski definition) is 4. The fourth-order valence-electron chi connectivity index (χ4n) is 1.51. The lowest BCUT2D eigenvalue weighted by Gasteiger charge is -2.20. The maximum atomic E-state index is 10.5. The molecule has 0 bridgehead atoms. The number of carbonyl (C=O) groups excluding carboxylic acids is 1. The Morgan fingerprint density at radius 1 is 1.06 bits per heavy atom. The lowest BCUT2D eigenvalue weighted by atomic mass is 10.1. The topological polar surface area (TPSA) is 60.8 Å². The van der Waals surface area contributed by atoms with E-state index in [9.17, 15) is 4.79 Å². The minimum absolute atomic E-state index is 0.0758. The molecule has 0 aliphatic heterocycles. The first-order valence-corrected chi connectivity index (χ1v) is 5.28. The predicted octanol–water partition coefficient (Wildman–Crippen LogP) is 0.286. The van der Waals surface area contributed by atoms with Gasteiger partial charge in [-0.3, -0.25) is 9.69 Å². The third kappa shape index (κ3) is 4.10. The van der Waals surface area contributed by atoms with Crippen LogP contribution in [0.15, 0.2) is 24.3 Å². The molecule has 0 fully saturated rings. The van der Waals surface area contributed by atoms with Crippen molar-refractivity contribution in [2.45, 2.75) is 6.54 Å². The van der Waals surface area contributed by atoms with Crippen LogP contribution in [-0.2, 0) is 6.54 Å². The van der Waals surface area contributed by atoms with Crippen molar-refractivity contribution in [3.8, 4) is 0 Å². The Bertz CT molecular complexity index is 305. The van der Waals surface area contributed by atoms with Crippen LogP contribution in [0.1, 0.15) is 15.9 Å². The molecule has 0 spiro atoms. The van der Waals surface area contributed by atoms with Crippen molar-refractivity contribution in [1.29, 1.82) is 0 Å². The van der Waals surface area contributed by atoms with Gasteiger partial charge in [-0.1, -0.05) is 24.3 Å². The van der Waals surface area contributed by atoms with Gasteiger partial charge in [-0.15, -0.1) is 0 Å². The zero-order valence-electron chi connectivity index (χ0n) is 9.17. The van der Waals surface area contributed by atoms with Crippen molar-refractivity contribution in [1.82, 2.24) is 4.90 Å². The van der Waals surface area contributed by atoms with Crippen LogP contribution in [0.3, 0.4) is 0 Å². The summed E-state index contributed by atoms with van der Waals surface area (Å²) in [5.74, 6) is 0. The summed E-state index contributed by atoms with van der Waals surface area (Å²) >= 11 is 0. The first-order chi connectivity index (χ1) is 7.80. The van der Waals surface area contributed by atoms with Gasteiger partial charge in [0, 0.05) is 25.2 Å². The van der Waals surface area contributed by atoms with E-state index in [0.717, 1.165) is 11.8 Å². The minimum atomic E-state index is 0.0758. The molecule has 1 aromatic carbocycles. The molecule has 1 aromatic rings. The Balaban J connectivity index is 2.58. The van der Waals surface area contributed by atoms with Crippen molar-refractivity contribution in [3.63, 3.8) is 0 Å². The lowest BCUT2D eigenvalue weighted by Crippen LogP contribution is -2.29. The largest absolute Gasteiger partial charge is 0.395 e. The van der Waals surface area contributed by atoms with Gasteiger partial charge in [0.1, 0.15) is 6.29 Å².